The molecular formula is C74H91Au2ClF6N4-7. The molecule has 0 atom stereocenters. The van der Waals surface area contributed by atoms with Crippen molar-refractivity contribution in [3.05, 3.63) is 262 Å². The summed E-state index contributed by atoms with van der Waals surface area (Å²) in [6.07, 6.45) is 20.7. The Morgan fingerprint density at radius 1 is 0.368 bits per heavy atom. The number of anilines is 4. The Morgan fingerprint density at radius 3 is 0.667 bits per heavy atom. The zero-order valence-corrected chi connectivity index (χ0v) is 59.0. The van der Waals surface area contributed by atoms with Gasteiger partial charge in [0, 0.05) is 50.7 Å². The normalized spacial score (nSPS) is 11.9. The van der Waals surface area contributed by atoms with Crippen LogP contribution in [0.15, 0.2) is 158 Å². The van der Waals surface area contributed by atoms with Crippen molar-refractivity contribution in [3.63, 3.8) is 0 Å². The number of hydrogen-bond acceptors (Lipinski definition) is 4. The molecule has 0 spiro atoms. The van der Waals surface area contributed by atoms with Gasteiger partial charge in [0.2, 0.25) is 0 Å². The Kier molecular flexibility index (Phi) is 41.5. The average molecular weight is 1580 g/mol. The zero-order valence-electron chi connectivity index (χ0n) is 53.9. The minimum absolute atomic E-state index is 0. The molecule has 0 aromatic heterocycles. The van der Waals surface area contributed by atoms with Crippen LogP contribution in [0.3, 0.4) is 0 Å². The summed E-state index contributed by atoms with van der Waals surface area (Å²) in [7, 11) is 4.58. The van der Waals surface area contributed by atoms with Crippen molar-refractivity contribution in [2.24, 2.45) is 0 Å². The molecule has 13 heteroatoms. The van der Waals surface area contributed by atoms with Gasteiger partial charge in [0.1, 0.15) is 0 Å². The maximum absolute atomic E-state index is 9.58. The monoisotopic (exact) mass is 1580 g/mol. The molecule has 0 saturated heterocycles. The van der Waals surface area contributed by atoms with E-state index in [0.29, 0.717) is 47.3 Å². The van der Waals surface area contributed by atoms with Crippen molar-refractivity contribution in [2.75, 3.05) is 19.6 Å². The molecule has 0 fully saturated rings. The van der Waals surface area contributed by atoms with Crippen LogP contribution in [0, 0.1) is 66.2 Å². The van der Waals surface area contributed by atoms with E-state index in [0.717, 1.165) is 11.1 Å². The van der Waals surface area contributed by atoms with E-state index >= 15 is 0 Å². The fourth-order valence-electron chi connectivity index (χ4n) is 9.53. The van der Waals surface area contributed by atoms with Gasteiger partial charge >= 0.3 is 29.2 Å². The van der Waals surface area contributed by atoms with E-state index in [1.54, 1.807) is 20.0 Å². The topological polar surface area (TPSA) is 13.0 Å². The Hall–Kier alpha value is -5.53. The van der Waals surface area contributed by atoms with Gasteiger partial charge < -0.3 is 67.2 Å². The second-order valence-corrected chi connectivity index (χ2v) is 22.3. The van der Waals surface area contributed by atoms with Crippen LogP contribution in [0.5, 0.6) is 0 Å². The second kappa shape index (κ2) is 43.2. The van der Waals surface area contributed by atoms with E-state index < -0.39 is 13.4 Å². The summed E-state index contributed by atoms with van der Waals surface area (Å²) < 4.78 is 57.5. The van der Waals surface area contributed by atoms with Crippen molar-refractivity contribution in [3.8, 4) is 18.3 Å². The molecule has 87 heavy (non-hydrogen) atoms. The average Bonchev–Trinajstić information content (AvgIpc) is 3.87. The molecule has 0 unspecified atom stereocenters. The molecule has 6 aromatic rings. The van der Waals surface area contributed by atoms with E-state index in [1.165, 1.54) is 67.3 Å². The Morgan fingerprint density at radius 2 is 0.540 bits per heavy atom. The number of terminal acetylenes is 1. The number of rotatable bonds is 12. The van der Waals surface area contributed by atoms with Crippen LogP contribution in [0.2, 0.25) is 0 Å². The Labute approximate surface area is 554 Å². The van der Waals surface area contributed by atoms with Crippen molar-refractivity contribution in [1.82, 2.24) is 0 Å². The van der Waals surface area contributed by atoms with Gasteiger partial charge in [0.15, 0.2) is 13.4 Å². The fourth-order valence-corrected chi connectivity index (χ4v) is 9.53. The molecule has 0 amide bonds. The second-order valence-electron chi connectivity index (χ2n) is 22.3. The summed E-state index contributed by atoms with van der Waals surface area (Å²) >= 11 is 1.75. The summed E-state index contributed by atoms with van der Waals surface area (Å²) in [6, 6.07) is 46.0. The first-order valence-corrected chi connectivity index (χ1v) is 30.9. The summed E-state index contributed by atoms with van der Waals surface area (Å²) in [6.45, 7) is 34.9. The molecule has 2 aliphatic rings. The van der Waals surface area contributed by atoms with E-state index in [2.05, 4.69) is 262 Å². The quantitative estimate of drug-likeness (QED) is 0.0524. The number of para-hydroxylation sites is 4. The molecule has 485 valence electrons. The summed E-state index contributed by atoms with van der Waals surface area (Å²) in [5.41, 5.74) is 18.3. The van der Waals surface area contributed by atoms with Crippen molar-refractivity contribution < 1.29 is 68.7 Å². The maximum atomic E-state index is 9.58. The van der Waals surface area contributed by atoms with Crippen LogP contribution in [-0.2, 0) is 42.4 Å². The molecule has 0 saturated carbocycles. The zero-order chi connectivity index (χ0) is 63.4. The third kappa shape index (κ3) is 26.6. The molecular weight excluding hydrogens is 1490 g/mol. The molecule has 0 aliphatic carbocycles. The van der Waals surface area contributed by atoms with Crippen molar-refractivity contribution in [2.45, 2.75) is 158 Å². The van der Waals surface area contributed by atoms with E-state index in [-0.39, 0.29) is 37.2 Å². The SMILES string of the molecule is C#Cc1ccccc1.CC(C)c1cccc(C(C)C)c1N1C=CN(c2c(C(C)C)cccc2C(C)C)[CH-]1.CC(C)c1cccc(C(C)C)c1N1C=CN(c2c(C(C)C)cccc2C(C)C)[CH-]1.F[C-](F)F.F[C-](F)F.[Au].[C-]#Cc1ccccc1.[CH3-].[CH3-].[Cl][Au]. The van der Waals surface area contributed by atoms with E-state index in [1.807, 2.05) is 60.7 Å². The molecule has 0 N–H and O–H groups in total. The van der Waals surface area contributed by atoms with Gasteiger partial charge in [0.25, 0.3) is 0 Å². The van der Waals surface area contributed by atoms with Crippen LogP contribution in [-0.4, -0.2) is 0 Å². The van der Waals surface area contributed by atoms with Gasteiger partial charge in [-0.05, 0) is 129 Å². The number of hydrogen-bond donors (Lipinski definition) is 0. The number of halogens is 7. The van der Waals surface area contributed by atoms with Crippen LogP contribution in [0.25, 0.3) is 0 Å². The minimum atomic E-state index is -3.08. The van der Waals surface area contributed by atoms with Gasteiger partial charge in [0.05, 0.1) is 0 Å². The fraction of sp³-hybridized carbons (Fsp3) is 0.324. The van der Waals surface area contributed by atoms with Crippen LogP contribution >= 0.6 is 9.19 Å². The molecule has 2 aliphatic heterocycles. The van der Waals surface area contributed by atoms with Gasteiger partial charge in [-0.25, -0.2) is 0 Å². The van der Waals surface area contributed by atoms with Crippen LogP contribution in [0.1, 0.15) is 214 Å². The number of benzene rings is 6. The van der Waals surface area contributed by atoms with E-state index in [4.69, 9.17) is 12.8 Å². The standard InChI is InChI=1S/2C27H37N2.C8H6.C8H5.2CF3.2CH3.2Au.ClH/c2*1-18(2)22-11-9-12-23(19(3)4)26(22)28-15-16-29(17-28)27-24(20(5)6)13-10-14-25(27)21(7)8;2*1-2-8-6-4-3-5-7-8;2*2-1(3)4;;;;;/h2*9-21H,1-8H3;1,3-7H;3-7H;;;2*1H3;;;1H/q2*-1;;5*-1;;+1;/p-1. The Balaban J connectivity index is 0. The number of nitrogens with zero attached hydrogens (tertiary/aromatic N) is 4. The van der Waals surface area contributed by atoms with Crippen LogP contribution in [0.4, 0.5) is 49.1 Å². The first kappa shape index (κ1) is 83.5. The third-order valence-electron chi connectivity index (χ3n) is 13.5. The van der Waals surface area contributed by atoms with Gasteiger partial charge in [-0.2, -0.15) is 0 Å². The molecule has 1 radical (unpaired) electrons. The molecule has 0 bridgehead atoms. The Bertz CT molecular complexity index is 2550. The predicted octanol–water partition coefficient (Wildman–Crippen LogP) is 23.8. The van der Waals surface area contributed by atoms with Crippen molar-refractivity contribution >= 4 is 31.9 Å². The first-order chi connectivity index (χ1) is 39.8. The third-order valence-corrected chi connectivity index (χ3v) is 13.5. The van der Waals surface area contributed by atoms with Crippen LogP contribution < -0.4 is 19.6 Å². The summed E-state index contributed by atoms with van der Waals surface area (Å²) in [5.74, 6) is 8.65. The summed E-state index contributed by atoms with van der Waals surface area (Å²) in [5, 5.41) is 0. The summed E-state index contributed by atoms with van der Waals surface area (Å²) in [4.78, 5) is 9.30. The van der Waals surface area contributed by atoms with E-state index in [9.17, 15) is 26.3 Å². The molecule has 8 rings (SSSR count). The van der Waals surface area contributed by atoms with Gasteiger partial charge in [-0.15, -0.1) is 37.5 Å². The van der Waals surface area contributed by atoms with Gasteiger partial charge in [-0.3, -0.25) is 5.92 Å². The molecule has 6 aromatic carbocycles. The van der Waals surface area contributed by atoms with Crippen molar-refractivity contribution in [1.29, 1.82) is 0 Å². The first-order valence-electron chi connectivity index (χ1n) is 28.3. The molecule has 2 heterocycles. The van der Waals surface area contributed by atoms with Gasteiger partial charge in [-0.1, -0.05) is 226 Å². The molecule has 4 nitrogen and oxygen atoms in total. The predicted molar refractivity (Wildman–Crippen MR) is 354 cm³/mol.